The van der Waals surface area contributed by atoms with E-state index in [4.69, 9.17) is 0 Å². The van der Waals surface area contributed by atoms with E-state index >= 15 is 0 Å². The molecule has 35 heavy (non-hydrogen) atoms. The van der Waals surface area contributed by atoms with Crippen molar-refractivity contribution in [3.05, 3.63) is 95.6 Å². The molecule has 4 rings (SSSR count). The van der Waals surface area contributed by atoms with Gasteiger partial charge in [-0.3, -0.25) is 4.79 Å². The number of nitrogens with one attached hydrogen (secondary N) is 2. The summed E-state index contributed by atoms with van der Waals surface area (Å²) >= 11 is 0. The molecule has 1 fully saturated rings. The van der Waals surface area contributed by atoms with Gasteiger partial charge in [-0.25, -0.2) is 22.2 Å². The molecule has 9 nitrogen and oxygen atoms in total. The maximum Gasteiger partial charge on any atom is 0.326 e. The van der Waals surface area contributed by atoms with Crippen molar-refractivity contribution < 1.29 is 26.7 Å². The van der Waals surface area contributed by atoms with Crippen molar-refractivity contribution in [3.63, 3.8) is 0 Å². The van der Waals surface area contributed by atoms with Crippen LogP contribution in [-0.2, 0) is 43.6 Å². The third-order valence-corrected chi connectivity index (χ3v) is 8.28. The average Bonchev–Trinajstić information content (AvgIpc) is 3.06. The van der Waals surface area contributed by atoms with E-state index in [2.05, 4.69) is 4.72 Å². The second-order valence-corrected chi connectivity index (χ2v) is 11.7. The Kier molecular flexibility index (Phi) is 7.10. The summed E-state index contributed by atoms with van der Waals surface area (Å²) < 4.78 is 55.5. The lowest BCUT2D eigenvalue weighted by Crippen LogP contribution is -2.38. The van der Waals surface area contributed by atoms with E-state index in [1.165, 1.54) is 12.1 Å². The summed E-state index contributed by atoms with van der Waals surface area (Å²) in [5.41, 5.74) is 2.17. The minimum Gasteiger partial charge on any atom is -0.506 e. The van der Waals surface area contributed by atoms with Gasteiger partial charge in [0.2, 0.25) is 10.0 Å². The van der Waals surface area contributed by atoms with Crippen LogP contribution in [0.25, 0.3) is 0 Å². The van der Waals surface area contributed by atoms with E-state index in [0.29, 0.717) is 17.5 Å². The highest BCUT2D eigenvalue weighted by atomic mass is 32.2. The third-order valence-electron chi connectivity index (χ3n) is 5.48. The number of carbonyl (C=O) groups is 1. The van der Waals surface area contributed by atoms with Crippen molar-refractivity contribution in [2.45, 2.75) is 24.6 Å². The number of sulfonamides is 1. The number of hydrogen-bond donors (Lipinski definition) is 3. The van der Waals surface area contributed by atoms with Gasteiger partial charge in [-0.1, -0.05) is 66.7 Å². The average molecular weight is 516 g/mol. The summed E-state index contributed by atoms with van der Waals surface area (Å²) in [6.45, 7) is -0.425. The van der Waals surface area contributed by atoms with Crippen molar-refractivity contribution in [1.82, 2.24) is 9.44 Å². The Morgan fingerprint density at radius 3 is 2.09 bits per heavy atom. The first kappa shape index (κ1) is 24.7. The molecule has 0 aromatic heterocycles. The van der Waals surface area contributed by atoms with Crippen molar-refractivity contribution in [3.8, 4) is 5.75 Å². The fraction of sp³-hybridized carbons (Fsp3) is 0.208. The van der Waals surface area contributed by atoms with Crippen LogP contribution in [-0.4, -0.2) is 40.4 Å². The molecule has 0 saturated carbocycles. The lowest BCUT2D eigenvalue weighted by Gasteiger charge is -2.21. The zero-order valence-corrected chi connectivity index (χ0v) is 20.3. The molecule has 0 spiro atoms. The highest BCUT2D eigenvalue weighted by molar-refractivity contribution is 7.92. The summed E-state index contributed by atoms with van der Waals surface area (Å²) in [4.78, 5) is 11.5. The summed E-state index contributed by atoms with van der Waals surface area (Å²) in [7, 11) is -7.73. The number of rotatable bonds is 9. The first-order valence-corrected chi connectivity index (χ1v) is 13.9. The monoisotopic (exact) mass is 515 g/mol. The van der Waals surface area contributed by atoms with Gasteiger partial charge in [-0.05, 0) is 41.7 Å². The standard InChI is InChI=1S/C24H25N3O6S2/c28-23-15-20(11-12-22(23)27-16-24(29)26-35(27,32)33)14-21(13-18-7-3-1-4-8-18)25-34(30,31)17-19-9-5-2-6-10-19/h1-12,15,21,25,28H,13-14,16-17H2,(H,26,29)/t21-/m1/s1. The molecule has 0 bridgehead atoms. The molecule has 0 unspecified atom stereocenters. The van der Waals surface area contributed by atoms with Gasteiger partial charge >= 0.3 is 10.2 Å². The number of phenolic OH excluding ortho intramolecular Hbond substituents is 1. The lowest BCUT2D eigenvalue weighted by atomic mass is 9.99. The fourth-order valence-corrected chi connectivity index (χ4v) is 6.55. The first-order chi connectivity index (χ1) is 16.6. The zero-order valence-electron chi connectivity index (χ0n) is 18.7. The molecule has 1 saturated heterocycles. The van der Waals surface area contributed by atoms with Crippen molar-refractivity contribution >= 4 is 31.8 Å². The third kappa shape index (κ3) is 6.38. The Morgan fingerprint density at radius 1 is 0.914 bits per heavy atom. The number of hydrogen-bond acceptors (Lipinski definition) is 6. The Labute approximate surface area is 204 Å². The topological polar surface area (TPSA) is 133 Å². The van der Waals surface area contributed by atoms with Crippen LogP contribution in [0.4, 0.5) is 5.69 Å². The number of anilines is 1. The smallest absolute Gasteiger partial charge is 0.326 e. The van der Waals surface area contributed by atoms with Gasteiger partial charge in [0.15, 0.2) is 0 Å². The Morgan fingerprint density at radius 2 is 1.51 bits per heavy atom. The van der Waals surface area contributed by atoms with Crippen LogP contribution in [0.2, 0.25) is 0 Å². The molecule has 1 aliphatic heterocycles. The highest BCUT2D eigenvalue weighted by Crippen LogP contribution is 2.31. The van der Waals surface area contributed by atoms with Crippen LogP contribution >= 0.6 is 0 Å². The molecule has 1 aliphatic rings. The molecule has 0 aliphatic carbocycles. The maximum absolute atomic E-state index is 12.9. The molecule has 1 amide bonds. The zero-order chi connectivity index (χ0) is 25.1. The largest absolute Gasteiger partial charge is 0.506 e. The van der Waals surface area contributed by atoms with Crippen molar-refractivity contribution in [2.24, 2.45) is 0 Å². The number of aromatic hydroxyl groups is 1. The Balaban J connectivity index is 1.56. The van der Waals surface area contributed by atoms with Gasteiger partial charge < -0.3 is 5.11 Å². The highest BCUT2D eigenvalue weighted by Gasteiger charge is 2.35. The summed E-state index contributed by atoms with van der Waals surface area (Å²) in [5, 5.41) is 10.5. The van der Waals surface area contributed by atoms with Crippen molar-refractivity contribution in [1.29, 1.82) is 0 Å². The number of amides is 1. The van der Waals surface area contributed by atoms with Crippen LogP contribution in [0.5, 0.6) is 5.75 Å². The van der Waals surface area contributed by atoms with Crippen LogP contribution in [0.15, 0.2) is 78.9 Å². The molecule has 3 aromatic rings. The molecule has 0 radical (unpaired) electrons. The molecule has 3 N–H and O–H groups in total. The molecule has 1 heterocycles. The first-order valence-electron chi connectivity index (χ1n) is 10.8. The second kappa shape index (κ2) is 10.1. The predicted octanol–water partition coefficient (Wildman–Crippen LogP) is 1.85. The number of carbonyl (C=O) groups excluding carboxylic acids is 1. The molecule has 184 valence electrons. The molecule has 3 aromatic carbocycles. The number of phenols is 1. The Bertz CT molecular complexity index is 1410. The minimum atomic E-state index is -4.06. The van der Waals surface area contributed by atoms with Crippen LogP contribution in [0, 0.1) is 0 Å². The summed E-state index contributed by atoms with van der Waals surface area (Å²) in [6, 6.07) is 22.2. The van der Waals surface area contributed by atoms with Crippen LogP contribution in [0.1, 0.15) is 16.7 Å². The van der Waals surface area contributed by atoms with E-state index in [0.717, 1.165) is 9.87 Å². The van der Waals surface area contributed by atoms with Gasteiger partial charge in [0, 0.05) is 6.04 Å². The lowest BCUT2D eigenvalue weighted by molar-refractivity contribution is -0.117. The predicted molar refractivity (Wildman–Crippen MR) is 132 cm³/mol. The van der Waals surface area contributed by atoms with Gasteiger partial charge in [-0.2, -0.15) is 8.42 Å². The van der Waals surface area contributed by atoms with E-state index in [9.17, 15) is 26.7 Å². The van der Waals surface area contributed by atoms with E-state index in [1.807, 2.05) is 41.1 Å². The van der Waals surface area contributed by atoms with E-state index < -0.39 is 38.7 Å². The van der Waals surface area contributed by atoms with Crippen LogP contribution < -0.4 is 13.7 Å². The molecule has 1 atom stereocenters. The summed E-state index contributed by atoms with van der Waals surface area (Å²) in [5.74, 6) is -1.19. The van der Waals surface area contributed by atoms with Gasteiger partial charge in [0.25, 0.3) is 5.91 Å². The van der Waals surface area contributed by atoms with Gasteiger partial charge in [0.05, 0.1) is 11.4 Å². The number of nitrogens with zero attached hydrogens (tertiary/aromatic N) is 1. The summed E-state index contributed by atoms with van der Waals surface area (Å²) in [6.07, 6.45) is 0.664. The number of benzene rings is 3. The maximum atomic E-state index is 12.9. The Hall–Kier alpha value is -3.41. The molecular formula is C24H25N3O6S2. The molecular weight excluding hydrogens is 490 g/mol. The van der Waals surface area contributed by atoms with Gasteiger partial charge in [-0.15, -0.1) is 0 Å². The van der Waals surface area contributed by atoms with Crippen LogP contribution in [0.3, 0.4) is 0 Å². The normalized spacial score (nSPS) is 16.1. The van der Waals surface area contributed by atoms with Crippen molar-refractivity contribution in [2.75, 3.05) is 10.8 Å². The van der Waals surface area contributed by atoms with E-state index in [-0.39, 0.29) is 23.6 Å². The second-order valence-electron chi connectivity index (χ2n) is 8.31. The minimum absolute atomic E-state index is 0.0311. The fourth-order valence-electron chi connectivity index (χ4n) is 4.00. The quantitative estimate of drug-likeness (QED) is 0.398. The SMILES string of the molecule is O=C1CN(c2ccc(C[C@@H](Cc3ccccc3)NS(=O)(=O)Cc3ccccc3)cc2O)S(=O)(=O)N1. The van der Waals surface area contributed by atoms with Gasteiger partial charge in [0.1, 0.15) is 12.3 Å². The molecule has 11 heteroatoms. The van der Waals surface area contributed by atoms with E-state index in [1.54, 1.807) is 30.3 Å².